The van der Waals surface area contributed by atoms with Crippen LogP contribution in [0.15, 0.2) is 53.0 Å². The molecular weight excluding hydrogens is 388 g/mol. The third kappa shape index (κ3) is 4.16. The minimum atomic E-state index is -0.442. The molecule has 1 amide bonds. The van der Waals surface area contributed by atoms with Gasteiger partial charge >= 0.3 is 0 Å². The molecule has 0 radical (unpaired) electrons. The second-order valence-corrected chi connectivity index (χ2v) is 6.32. The molecule has 0 atom stereocenters. The molecule has 0 aliphatic carbocycles. The summed E-state index contributed by atoms with van der Waals surface area (Å²) in [7, 11) is 0. The van der Waals surface area contributed by atoms with E-state index < -0.39 is 4.92 Å². The fourth-order valence-electron chi connectivity index (χ4n) is 2.40. The lowest BCUT2D eigenvalue weighted by molar-refractivity contribution is -0.384. The van der Waals surface area contributed by atoms with Crippen molar-refractivity contribution >= 4 is 44.1 Å². The van der Waals surface area contributed by atoms with Crippen molar-refractivity contribution in [1.29, 1.82) is 0 Å². The molecule has 0 aliphatic rings. The number of aromatic nitrogens is 1. The van der Waals surface area contributed by atoms with Crippen molar-refractivity contribution in [3.8, 4) is 0 Å². The quantitative estimate of drug-likeness (QED) is 0.332. The number of non-ortho nitro benzene ring substituents is 1. The van der Waals surface area contributed by atoms with E-state index in [1.807, 2.05) is 18.2 Å². The monoisotopic (exact) mass is 402 g/mol. The molecule has 2 aromatic carbocycles. The molecule has 0 saturated heterocycles. The van der Waals surface area contributed by atoms with Crippen LogP contribution >= 0.6 is 15.9 Å². The number of hydrogen-bond acceptors (Lipinski definition) is 4. The normalized spacial score (nSPS) is 10.6. The minimum Gasteiger partial charge on any atom is -0.383 e. The first-order chi connectivity index (χ1) is 12.0. The Bertz CT molecular complexity index is 921. The summed E-state index contributed by atoms with van der Waals surface area (Å²) in [5.74, 6) is -0.183. The van der Waals surface area contributed by atoms with Crippen LogP contribution in [0.4, 0.5) is 11.4 Å². The van der Waals surface area contributed by atoms with Gasteiger partial charge in [-0.25, -0.2) is 0 Å². The summed E-state index contributed by atoms with van der Waals surface area (Å²) in [4.78, 5) is 25.4. The smallest absolute Gasteiger partial charge is 0.269 e. The molecule has 0 bridgehead atoms. The molecule has 0 unspecified atom stereocenters. The Morgan fingerprint density at radius 3 is 2.60 bits per heavy atom. The Morgan fingerprint density at radius 2 is 1.88 bits per heavy atom. The summed E-state index contributed by atoms with van der Waals surface area (Å²) >= 11 is 3.40. The maximum Gasteiger partial charge on any atom is 0.269 e. The SMILES string of the molecule is O=C(NCCNc1ccc([N+](=O)[O-])cc1)c1cc2ccc(Br)cc2[nH]1. The number of nitro groups is 1. The van der Waals surface area contributed by atoms with Crippen molar-refractivity contribution < 1.29 is 9.72 Å². The number of carbonyl (C=O) groups excluding carboxylic acids is 1. The fraction of sp³-hybridized carbons (Fsp3) is 0.118. The van der Waals surface area contributed by atoms with Crippen LogP contribution in [0.25, 0.3) is 10.9 Å². The molecule has 1 heterocycles. The van der Waals surface area contributed by atoms with Gasteiger partial charge in [0.1, 0.15) is 5.69 Å². The Morgan fingerprint density at radius 1 is 1.12 bits per heavy atom. The largest absolute Gasteiger partial charge is 0.383 e. The molecule has 25 heavy (non-hydrogen) atoms. The van der Waals surface area contributed by atoms with Gasteiger partial charge in [-0.3, -0.25) is 14.9 Å². The van der Waals surface area contributed by atoms with Gasteiger partial charge in [0.15, 0.2) is 0 Å². The second-order valence-electron chi connectivity index (χ2n) is 5.40. The fourth-order valence-corrected chi connectivity index (χ4v) is 2.76. The zero-order valence-electron chi connectivity index (χ0n) is 13.1. The number of H-pyrrole nitrogens is 1. The maximum absolute atomic E-state index is 12.2. The van der Waals surface area contributed by atoms with E-state index >= 15 is 0 Å². The first-order valence-electron chi connectivity index (χ1n) is 7.58. The number of nitrogens with zero attached hydrogens (tertiary/aromatic N) is 1. The van der Waals surface area contributed by atoms with Gasteiger partial charge in [0.25, 0.3) is 11.6 Å². The Labute approximate surface area is 151 Å². The number of nitro benzene ring substituents is 1. The highest BCUT2D eigenvalue weighted by molar-refractivity contribution is 9.10. The maximum atomic E-state index is 12.2. The predicted octanol–water partition coefficient (Wildman–Crippen LogP) is 3.68. The first-order valence-corrected chi connectivity index (χ1v) is 8.37. The molecule has 0 aliphatic heterocycles. The lowest BCUT2D eigenvalue weighted by atomic mass is 10.2. The number of nitrogens with one attached hydrogen (secondary N) is 3. The van der Waals surface area contributed by atoms with Crippen molar-refractivity contribution in [3.05, 3.63) is 68.8 Å². The molecule has 3 aromatic rings. The van der Waals surface area contributed by atoms with Gasteiger partial charge in [-0.2, -0.15) is 0 Å². The standard InChI is InChI=1S/C17H15BrN4O3/c18-12-2-1-11-9-16(21-15(11)10-12)17(23)20-8-7-19-13-3-5-14(6-4-13)22(24)25/h1-6,9-10,19,21H,7-8H2,(H,20,23). The Hall–Kier alpha value is -2.87. The number of carbonyl (C=O) groups is 1. The van der Waals surface area contributed by atoms with Crippen LogP contribution in [0.3, 0.4) is 0 Å². The van der Waals surface area contributed by atoms with Gasteiger partial charge in [-0.1, -0.05) is 22.0 Å². The average Bonchev–Trinajstić information content (AvgIpc) is 3.02. The number of rotatable bonds is 6. The molecule has 128 valence electrons. The Balaban J connectivity index is 1.51. The first kappa shape index (κ1) is 17.0. The minimum absolute atomic E-state index is 0.0456. The van der Waals surface area contributed by atoms with Crippen molar-refractivity contribution in [3.63, 3.8) is 0 Å². The third-order valence-corrected chi connectivity index (χ3v) is 4.14. The number of hydrogen-bond donors (Lipinski definition) is 3. The van der Waals surface area contributed by atoms with Gasteiger partial charge in [-0.05, 0) is 30.3 Å². The highest BCUT2D eigenvalue weighted by Crippen LogP contribution is 2.20. The summed E-state index contributed by atoms with van der Waals surface area (Å²) < 4.78 is 0.945. The molecule has 0 spiro atoms. The van der Waals surface area contributed by atoms with Crippen molar-refractivity contribution in [1.82, 2.24) is 10.3 Å². The number of anilines is 1. The molecule has 3 N–H and O–H groups in total. The zero-order valence-corrected chi connectivity index (χ0v) is 14.7. The van der Waals surface area contributed by atoms with E-state index in [0.717, 1.165) is 21.1 Å². The summed E-state index contributed by atoms with van der Waals surface area (Å²) in [6.45, 7) is 0.935. The average molecular weight is 403 g/mol. The summed E-state index contributed by atoms with van der Waals surface area (Å²) in [6, 6.07) is 13.7. The van der Waals surface area contributed by atoms with Crippen LogP contribution in [0.1, 0.15) is 10.5 Å². The number of fused-ring (bicyclic) bond motifs is 1. The summed E-state index contributed by atoms with van der Waals surface area (Å²) in [6.07, 6.45) is 0. The molecule has 3 rings (SSSR count). The molecule has 8 heteroatoms. The van der Waals surface area contributed by atoms with Gasteiger partial charge in [0, 0.05) is 46.3 Å². The topological polar surface area (TPSA) is 100 Å². The van der Waals surface area contributed by atoms with Crippen molar-refractivity contribution in [2.24, 2.45) is 0 Å². The van der Waals surface area contributed by atoms with Crippen LogP contribution < -0.4 is 10.6 Å². The lowest BCUT2D eigenvalue weighted by Gasteiger charge is -2.07. The van der Waals surface area contributed by atoms with Gasteiger partial charge in [-0.15, -0.1) is 0 Å². The summed E-state index contributed by atoms with van der Waals surface area (Å²) in [5.41, 5.74) is 2.20. The molecule has 0 fully saturated rings. The lowest BCUT2D eigenvalue weighted by Crippen LogP contribution is -2.28. The number of halogens is 1. The van der Waals surface area contributed by atoms with E-state index in [1.165, 1.54) is 12.1 Å². The second kappa shape index (κ2) is 7.35. The molecular formula is C17H15BrN4O3. The van der Waals surface area contributed by atoms with Crippen molar-refractivity contribution in [2.75, 3.05) is 18.4 Å². The van der Waals surface area contributed by atoms with Crippen LogP contribution in [-0.2, 0) is 0 Å². The third-order valence-electron chi connectivity index (χ3n) is 3.65. The van der Waals surface area contributed by atoms with Crippen LogP contribution in [0.5, 0.6) is 0 Å². The van der Waals surface area contributed by atoms with E-state index in [2.05, 4.69) is 31.5 Å². The highest BCUT2D eigenvalue weighted by Gasteiger charge is 2.09. The van der Waals surface area contributed by atoms with Gasteiger partial charge in [0.05, 0.1) is 4.92 Å². The molecule has 7 nitrogen and oxygen atoms in total. The van der Waals surface area contributed by atoms with E-state index in [0.29, 0.717) is 18.8 Å². The van der Waals surface area contributed by atoms with Gasteiger partial charge in [0.2, 0.25) is 0 Å². The number of aromatic amines is 1. The van der Waals surface area contributed by atoms with E-state index in [-0.39, 0.29) is 11.6 Å². The van der Waals surface area contributed by atoms with Crippen LogP contribution in [0, 0.1) is 10.1 Å². The molecule has 0 saturated carbocycles. The van der Waals surface area contributed by atoms with E-state index in [4.69, 9.17) is 0 Å². The summed E-state index contributed by atoms with van der Waals surface area (Å²) in [5, 5.41) is 17.5. The Kier molecular flexibility index (Phi) is 4.99. The number of benzene rings is 2. The van der Waals surface area contributed by atoms with E-state index in [9.17, 15) is 14.9 Å². The van der Waals surface area contributed by atoms with Crippen molar-refractivity contribution in [2.45, 2.75) is 0 Å². The van der Waals surface area contributed by atoms with E-state index in [1.54, 1.807) is 18.2 Å². The predicted molar refractivity (Wildman–Crippen MR) is 99.9 cm³/mol. The van der Waals surface area contributed by atoms with Crippen LogP contribution in [-0.4, -0.2) is 28.9 Å². The van der Waals surface area contributed by atoms with Crippen LogP contribution in [0.2, 0.25) is 0 Å². The van der Waals surface area contributed by atoms with Gasteiger partial charge < -0.3 is 15.6 Å². The zero-order chi connectivity index (χ0) is 17.8. The molecule has 1 aromatic heterocycles. The number of amides is 1. The highest BCUT2D eigenvalue weighted by atomic mass is 79.9.